The summed E-state index contributed by atoms with van der Waals surface area (Å²) in [6, 6.07) is 3.32. The highest BCUT2D eigenvalue weighted by Crippen LogP contribution is 2.24. The van der Waals surface area contributed by atoms with Crippen LogP contribution in [0, 0.1) is 17.6 Å². The molecule has 1 fully saturated rings. The second kappa shape index (κ2) is 4.18. The molecule has 1 saturated heterocycles. The van der Waals surface area contributed by atoms with Crippen molar-refractivity contribution < 1.29 is 22.0 Å². The summed E-state index contributed by atoms with van der Waals surface area (Å²) in [6.45, 7) is 0. The maximum Gasteiger partial charge on any atom is 0.170 e. The largest absolute Gasteiger partial charge is 0.294 e. The molecule has 0 spiro atoms. The molecule has 1 aromatic carbocycles. The van der Waals surface area contributed by atoms with E-state index in [1.165, 1.54) is 12.1 Å². The van der Waals surface area contributed by atoms with Crippen molar-refractivity contribution in [2.75, 3.05) is 11.5 Å². The van der Waals surface area contributed by atoms with Crippen molar-refractivity contribution in [1.82, 2.24) is 0 Å². The van der Waals surface area contributed by atoms with E-state index in [0.29, 0.717) is 0 Å². The van der Waals surface area contributed by atoms with E-state index in [1.807, 2.05) is 0 Å². The summed E-state index contributed by atoms with van der Waals surface area (Å²) in [6.07, 6.45) is 0.178. The Labute approximate surface area is 97.4 Å². The van der Waals surface area contributed by atoms with Crippen molar-refractivity contribution in [2.45, 2.75) is 6.42 Å². The van der Waals surface area contributed by atoms with E-state index in [1.54, 1.807) is 0 Å². The van der Waals surface area contributed by atoms with Crippen LogP contribution in [0.2, 0.25) is 0 Å². The lowest BCUT2D eigenvalue weighted by molar-refractivity contribution is 0.0928. The van der Waals surface area contributed by atoms with Crippen LogP contribution in [0.3, 0.4) is 0 Å². The van der Waals surface area contributed by atoms with Crippen LogP contribution in [-0.2, 0) is 9.84 Å². The van der Waals surface area contributed by atoms with Gasteiger partial charge in [-0.2, -0.15) is 0 Å². The Balaban J connectivity index is 2.30. The Morgan fingerprint density at radius 1 is 1.29 bits per heavy atom. The highest BCUT2D eigenvalue weighted by Gasteiger charge is 2.34. The zero-order chi connectivity index (χ0) is 12.6. The first-order valence-electron chi connectivity index (χ1n) is 5.09. The summed E-state index contributed by atoms with van der Waals surface area (Å²) in [7, 11) is -3.21. The number of hydrogen-bond donors (Lipinski definition) is 0. The molecule has 1 unspecified atom stereocenters. The van der Waals surface area contributed by atoms with Crippen molar-refractivity contribution in [2.24, 2.45) is 5.92 Å². The molecule has 17 heavy (non-hydrogen) atoms. The molecule has 0 aromatic heterocycles. The number of sulfone groups is 1. The van der Waals surface area contributed by atoms with E-state index < -0.39 is 33.2 Å². The maximum atomic E-state index is 13.4. The third-order valence-corrected chi connectivity index (χ3v) is 4.59. The summed E-state index contributed by atoms with van der Waals surface area (Å²) in [5.41, 5.74) is -0.368. The van der Waals surface area contributed by atoms with E-state index in [-0.39, 0.29) is 23.5 Å². The van der Waals surface area contributed by atoms with Crippen LogP contribution in [-0.4, -0.2) is 25.7 Å². The predicted molar refractivity (Wildman–Crippen MR) is 57.4 cm³/mol. The fourth-order valence-electron chi connectivity index (χ4n) is 1.92. The zero-order valence-corrected chi connectivity index (χ0v) is 9.64. The molecule has 1 aromatic rings. The number of carbonyl (C=O) groups is 1. The fraction of sp³-hybridized carbons (Fsp3) is 0.364. The molecule has 0 saturated carbocycles. The molecule has 0 aliphatic carbocycles. The van der Waals surface area contributed by atoms with Gasteiger partial charge in [0.2, 0.25) is 0 Å². The lowest BCUT2D eigenvalue weighted by atomic mass is 9.97. The van der Waals surface area contributed by atoms with Gasteiger partial charge >= 0.3 is 0 Å². The average Bonchev–Trinajstić information content (AvgIpc) is 2.62. The van der Waals surface area contributed by atoms with Crippen molar-refractivity contribution in [3.05, 3.63) is 35.4 Å². The molecule has 1 aliphatic rings. The van der Waals surface area contributed by atoms with E-state index >= 15 is 0 Å². The normalized spacial score (nSPS) is 22.6. The number of carbonyl (C=O) groups excluding carboxylic acids is 1. The van der Waals surface area contributed by atoms with Crippen LogP contribution in [0.25, 0.3) is 0 Å². The van der Waals surface area contributed by atoms with Gasteiger partial charge in [0.1, 0.15) is 0 Å². The Morgan fingerprint density at radius 2 is 2.00 bits per heavy atom. The molecule has 0 N–H and O–H groups in total. The first-order valence-corrected chi connectivity index (χ1v) is 6.91. The second-order valence-electron chi connectivity index (χ2n) is 4.07. The van der Waals surface area contributed by atoms with Gasteiger partial charge in [0.15, 0.2) is 27.3 Å². The lowest BCUT2D eigenvalue weighted by Gasteiger charge is -2.07. The molecular weight excluding hydrogens is 250 g/mol. The van der Waals surface area contributed by atoms with Crippen LogP contribution in [0.4, 0.5) is 8.78 Å². The van der Waals surface area contributed by atoms with Gasteiger partial charge in [0.25, 0.3) is 0 Å². The van der Waals surface area contributed by atoms with Gasteiger partial charge in [-0.1, -0.05) is 6.07 Å². The summed E-state index contributed by atoms with van der Waals surface area (Å²) in [4.78, 5) is 11.8. The Hall–Kier alpha value is -1.30. The molecule has 0 radical (unpaired) electrons. The third kappa shape index (κ3) is 2.36. The minimum atomic E-state index is -3.21. The number of ketones is 1. The SMILES string of the molecule is O=C(c1cccc(F)c1F)C1CCS(=O)(=O)C1. The minimum Gasteiger partial charge on any atom is -0.294 e. The van der Waals surface area contributed by atoms with Crippen molar-refractivity contribution in [3.63, 3.8) is 0 Å². The van der Waals surface area contributed by atoms with Crippen LogP contribution >= 0.6 is 0 Å². The molecule has 3 nitrogen and oxygen atoms in total. The van der Waals surface area contributed by atoms with Crippen LogP contribution in [0.1, 0.15) is 16.8 Å². The number of Topliss-reactive ketones (excluding diaryl/α,β-unsaturated/α-hetero) is 1. The van der Waals surface area contributed by atoms with E-state index in [0.717, 1.165) is 6.07 Å². The van der Waals surface area contributed by atoms with Gasteiger partial charge < -0.3 is 0 Å². The Kier molecular flexibility index (Phi) is 2.99. The minimum absolute atomic E-state index is 0.0691. The summed E-state index contributed by atoms with van der Waals surface area (Å²) < 4.78 is 48.7. The molecule has 6 heteroatoms. The van der Waals surface area contributed by atoms with Crippen molar-refractivity contribution in [3.8, 4) is 0 Å². The third-order valence-electron chi connectivity index (χ3n) is 2.82. The summed E-state index contributed by atoms with van der Waals surface area (Å²) in [5, 5.41) is 0. The van der Waals surface area contributed by atoms with Gasteiger partial charge in [-0.05, 0) is 18.6 Å². The van der Waals surface area contributed by atoms with Gasteiger partial charge in [-0.25, -0.2) is 17.2 Å². The summed E-state index contributed by atoms with van der Waals surface area (Å²) in [5.74, 6) is -4.04. The predicted octanol–water partition coefficient (Wildman–Crippen LogP) is 1.58. The van der Waals surface area contributed by atoms with Gasteiger partial charge in [-0.3, -0.25) is 4.79 Å². The Bertz CT molecular complexity index is 566. The topological polar surface area (TPSA) is 51.2 Å². The number of rotatable bonds is 2. The zero-order valence-electron chi connectivity index (χ0n) is 8.82. The number of benzene rings is 1. The van der Waals surface area contributed by atoms with Crippen molar-refractivity contribution >= 4 is 15.6 Å². The summed E-state index contributed by atoms with van der Waals surface area (Å²) >= 11 is 0. The monoisotopic (exact) mass is 260 g/mol. The van der Waals surface area contributed by atoms with E-state index in [2.05, 4.69) is 0 Å². The molecular formula is C11H10F2O3S. The van der Waals surface area contributed by atoms with E-state index in [4.69, 9.17) is 0 Å². The molecule has 0 amide bonds. The fourth-order valence-corrected chi connectivity index (χ4v) is 3.66. The smallest absolute Gasteiger partial charge is 0.170 e. The van der Waals surface area contributed by atoms with Crippen molar-refractivity contribution in [1.29, 1.82) is 0 Å². The molecule has 1 atom stereocenters. The second-order valence-corrected chi connectivity index (χ2v) is 6.29. The molecule has 1 aliphatic heterocycles. The quantitative estimate of drug-likeness (QED) is 0.759. The van der Waals surface area contributed by atoms with Gasteiger partial charge in [0, 0.05) is 5.92 Å². The Morgan fingerprint density at radius 3 is 2.59 bits per heavy atom. The average molecular weight is 260 g/mol. The first kappa shape index (κ1) is 12.2. The van der Waals surface area contributed by atoms with Crippen LogP contribution in [0.15, 0.2) is 18.2 Å². The molecule has 0 bridgehead atoms. The van der Waals surface area contributed by atoms with Gasteiger partial charge in [-0.15, -0.1) is 0 Å². The standard InChI is InChI=1S/C11H10F2O3S/c12-9-3-1-2-8(10(9)13)11(14)7-4-5-17(15,16)6-7/h1-3,7H,4-6H2. The van der Waals surface area contributed by atoms with Crippen LogP contribution in [0.5, 0.6) is 0 Å². The number of hydrogen-bond acceptors (Lipinski definition) is 3. The lowest BCUT2D eigenvalue weighted by Crippen LogP contribution is -2.18. The molecule has 1 heterocycles. The highest BCUT2D eigenvalue weighted by molar-refractivity contribution is 7.91. The highest BCUT2D eigenvalue weighted by atomic mass is 32.2. The first-order chi connectivity index (χ1) is 7.91. The van der Waals surface area contributed by atoms with Crippen LogP contribution < -0.4 is 0 Å². The van der Waals surface area contributed by atoms with E-state index in [9.17, 15) is 22.0 Å². The molecule has 2 rings (SSSR count). The maximum absolute atomic E-state index is 13.4. The van der Waals surface area contributed by atoms with Gasteiger partial charge in [0.05, 0.1) is 17.1 Å². The molecule has 92 valence electrons. The number of halogens is 2.